The number of rotatable bonds is 15. The van der Waals surface area contributed by atoms with Crippen LogP contribution >= 0.6 is 0 Å². The van der Waals surface area contributed by atoms with Crippen LogP contribution in [0.2, 0.25) is 0 Å². The van der Waals surface area contributed by atoms with Crippen molar-refractivity contribution in [1.82, 2.24) is 0 Å². The molecule has 6 nitrogen and oxygen atoms in total. The molecule has 6 heteroatoms. The van der Waals surface area contributed by atoms with Crippen molar-refractivity contribution in [2.24, 2.45) is 0 Å². The first-order valence-electron chi connectivity index (χ1n) is 6.35. The maximum Gasteiger partial charge on any atom is 0.107 e. The van der Waals surface area contributed by atoms with Crippen LogP contribution in [0.1, 0.15) is 0 Å². The van der Waals surface area contributed by atoms with Gasteiger partial charge in [0.05, 0.1) is 66.1 Å². The molecule has 0 saturated carbocycles. The Morgan fingerprint density at radius 3 is 1.37 bits per heavy atom. The van der Waals surface area contributed by atoms with Gasteiger partial charge in [-0.05, 0) is 0 Å². The van der Waals surface area contributed by atoms with Crippen molar-refractivity contribution in [2.75, 3.05) is 72.7 Å². The van der Waals surface area contributed by atoms with Crippen molar-refractivity contribution in [3.05, 3.63) is 0 Å². The van der Waals surface area contributed by atoms with E-state index in [1.54, 1.807) is 0 Å². The molecule has 0 spiro atoms. The molecule has 0 aliphatic heterocycles. The quantitative estimate of drug-likeness (QED) is 0.327. The molecular formula is C13H24O6. The molecule has 19 heavy (non-hydrogen) atoms. The van der Waals surface area contributed by atoms with Crippen LogP contribution in [-0.2, 0) is 23.7 Å². The monoisotopic (exact) mass is 276 g/mol. The summed E-state index contributed by atoms with van der Waals surface area (Å²) in [6.45, 7) is 4.82. The summed E-state index contributed by atoms with van der Waals surface area (Å²) in [6, 6.07) is 0. The summed E-state index contributed by atoms with van der Waals surface area (Å²) in [4.78, 5) is 0. The largest absolute Gasteiger partial charge is 0.394 e. The molecule has 0 aliphatic rings. The average molecular weight is 276 g/mol. The standard InChI is InChI=1S/C13H24O6/c1-2-4-15-6-8-17-10-12-19-13-11-18-9-7-16-5-3-14/h1,14H,3-13H2. The summed E-state index contributed by atoms with van der Waals surface area (Å²) in [7, 11) is 0. The van der Waals surface area contributed by atoms with Gasteiger partial charge in [-0.3, -0.25) is 0 Å². The smallest absolute Gasteiger partial charge is 0.107 e. The zero-order valence-electron chi connectivity index (χ0n) is 11.3. The fourth-order valence-corrected chi connectivity index (χ4v) is 1.08. The summed E-state index contributed by atoms with van der Waals surface area (Å²) in [5.41, 5.74) is 0. The first-order chi connectivity index (χ1) is 9.41. The lowest BCUT2D eigenvalue weighted by Gasteiger charge is -2.07. The van der Waals surface area contributed by atoms with E-state index >= 15 is 0 Å². The zero-order valence-corrected chi connectivity index (χ0v) is 11.3. The molecule has 112 valence electrons. The highest BCUT2D eigenvalue weighted by molar-refractivity contribution is 4.82. The van der Waals surface area contributed by atoms with E-state index in [4.69, 9.17) is 35.2 Å². The Morgan fingerprint density at radius 2 is 1.00 bits per heavy atom. The van der Waals surface area contributed by atoms with Crippen LogP contribution in [-0.4, -0.2) is 77.8 Å². The number of aliphatic hydroxyl groups is 1. The first-order valence-corrected chi connectivity index (χ1v) is 6.35. The molecule has 0 bridgehead atoms. The topological polar surface area (TPSA) is 66.4 Å². The zero-order chi connectivity index (χ0) is 14.0. The van der Waals surface area contributed by atoms with E-state index in [1.807, 2.05) is 0 Å². The number of aliphatic hydroxyl groups excluding tert-OH is 1. The van der Waals surface area contributed by atoms with Gasteiger partial charge in [-0.15, -0.1) is 6.42 Å². The van der Waals surface area contributed by atoms with E-state index in [0.29, 0.717) is 66.1 Å². The van der Waals surface area contributed by atoms with E-state index in [0.717, 1.165) is 0 Å². The summed E-state index contributed by atoms with van der Waals surface area (Å²) in [5, 5.41) is 8.46. The Hall–Kier alpha value is -0.680. The third-order valence-corrected chi connectivity index (χ3v) is 1.91. The molecule has 0 radical (unpaired) electrons. The van der Waals surface area contributed by atoms with Gasteiger partial charge in [0.2, 0.25) is 0 Å². The molecule has 0 atom stereocenters. The van der Waals surface area contributed by atoms with Gasteiger partial charge >= 0.3 is 0 Å². The first kappa shape index (κ1) is 18.3. The fourth-order valence-electron chi connectivity index (χ4n) is 1.08. The lowest BCUT2D eigenvalue weighted by molar-refractivity contribution is -0.0116. The molecule has 0 saturated heterocycles. The van der Waals surface area contributed by atoms with E-state index in [2.05, 4.69) is 5.92 Å². The average Bonchev–Trinajstić information content (AvgIpc) is 2.43. The molecule has 1 N–H and O–H groups in total. The van der Waals surface area contributed by atoms with Gasteiger partial charge in [-0.25, -0.2) is 0 Å². The molecule has 0 unspecified atom stereocenters. The number of ether oxygens (including phenoxy) is 5. The summed E-state index contributed by atoms with van der Waals surface area (Å²) in [6.07, 6.45) is 5.02. The van der Waals surface area contributed by atoms with Gasteiger partial charge in [0.15, 0.2) is 0 Å². The Labute approximate surface area is 114 Å². The van der Waals surface area contributed by atoms with Gasteiger partial charge in [-0.2, -0.15) is 0 Å². The lowest BCUT2D eigenvalue weighted by Crippen LogP contribution is -2.13. The van der Waals surface area contributed by atoms with E-state index in [-0.39, 0.29) is 6.61 Å². The number of hydrogen-bond donors (Lipinski definition) is 1. The molecular weight excluding hydrogens is 252 g/mol. The highest BCUT2D eigenvalue weighted by Crippen LogP contribution is 1.83. The van der Waals surface area contributed by atoms with Gasteiger partial charge in [0.25, 0.3) is 0 Å². The van der Waals surface area contributed by atoms with Crippen molar-refractivity contribution >= 4 is 0 Å². The van der Waals surface area contributed by atoms with Crippen LogP contribution in [0.4, 0.5) is 0 Å². The fraction of sp³-hybridized carbons (Fsp3) is 0.846. The van der Waals surface area contributed by atoms with Crippen LogP contribution in [0.5, 0.6) is 0 Å². The normalized spacial score (nSPS) is 10.5. The van der Waals surface area contributed by atoms with Gasteiger partial charge < -0.3 is 28.8 Å². The second-order valence-electron chi connectivity index (χ2n) is 3.43. The van der Waals surface area contributed by atoms with Crippen LogP contribution < -0.4 is 0 Å². The minimum atomic E-state index is 0.0386. The lowest BCUT2D eigenvalue weighted by atomic mass is 10.7. The Kier molecular flexibility index (Phi) is 16.7. The van der Waals surface area contributed by atoms with Crippen LogP contribution in [0.3, 0.4) is 0 Å². The second-order valence-corrected chi connectivity index (χ2v) is 3.43. The third kappa shape index (κ3) is 17.3. The molecule has 0 aliphatic carbocycles. The Morgan fingerprint density at radius 1 is 0.632 bits per heavy atom. The van der Waals surface area contributed by atoms with Gasteiger partial charge in [-0.1, -0.05) is 5.92 Å². The highest BCUT2D eigenvalue weighted by Gasteiger charge is 1.92. The van der Waals surface area contributed by atoms with Crippen molar-refractivity contribution in [1.29, 1.82) is 0 Å². The number of terminal acetylenes is 1. The van der Waals surface area contributed by atoms with Crippen molar-refractivity contribution < 1.29 is 28.8 Å². The number of hydrogen-bond acceptors (Lipinski definition) is 6. The van der Waals surface area contributed by atoms with Crippen molar-refractivity contribution in [3.63, 3.8) is 0 Å². The summed E-state index contributed by atoms with van der Waals surface area (Å²) < 4.78 is 25.8. The summed E-state index contributed by atoms with van der Waals surface area (Å²) in [5.74, 6) is 2.38. The minimum absolute atomic E-state index is 0.0386. The Balaban J connectivity index is 2.90. The molecule has 0 aromatic carbocycles. The van der Waals surface area contributed by atoms with E-state index in [9.17, 15) is 0 Å². The summed E-state index contributed by atoms with van der Waals surface area (Å²) >= 11 is 0. The van der Waals surface area contributed by atoms with E-state index in [1.165, 1.54) is 0 Å². The van der Waals surface area contributed by atoms with Gasteiger partial charge in [0, 0.05) is 0 Å². The maximum absolute atomic E-state index is 8.46. The van der Waals surface area contributed by atoms with Crippen molar-refractivity contribution in [2.45, 2.75) is 0 Å². The third-order valence-electron chi connectivity index (χ3n) is 1.91. The predicted octanol–water partition coefficient (Wildman–Crippen LogP) is -0.305. The molecule has 0 amide bonds. The van der Waals surface area contributed by atoms with Gasteiger partial charge in [0.1, 0.15) is 6.61 Å². The molecule has 0 heterocycles. The minimum Gasteiger partial charge on any atom is -0.394 e. The van der Waals surface area contributed by atoms with Crippen LogP contribution in [0.25, 0.3) is 0 Å². The highest BCUT2D eigenvalue weighted by atomic mass is 16.6. The SMILES string of the molecule is C#CCOCCOCCOCCOCCOCCO. The van der Waals surface area contributed by atoms with E-state index < -0.39 is 0 Å². The second kappa shape index (κ2) is 17.3. The van der Waals surface area contributed by atoms with Crippen LogP contribution in [0, 0.1) is 12.3 Å². The molecule has 0 fully saturated rings. The molecule has 0 aromatic rings. The molecule has 0 rings (SSSR count). The van der Waals surface area contributed by atoms with Crippen LogP contribution in [0.15, 0.2) is 0 Å². The molecule has 0 aromatic heterocycles. The predicted molar refractivity (Wildman–Crippen MR) is 70.0 cm³/mol. The Bertz CT molecular complexity index is 204. The van der Waals surface area contributed by atoms with Crippen molar-refractivity contribution in [3.8, 4) is 12.3 Å². The maximum atomic E-state index is 8.46.